The molecule has 2 heterocycles. The second kappa shape index (κ2) is 8.15. The van der Waals surface area contributed by atoms with E-state index in [0.29, 0.717) is 36.3 Å². The molecule has 1 saturated heterocycles. The van der Waals surface area contributed by atoms with E-state index in [4.69, 9.17) is 25.8 Å². The van der Waals surface area contributed by atoms with Crippen molar-refractivity contribution in [3.05, 3.63) is 22.7 Å². The van der Waals surface area contributed by atoms with Crippen molar-refractivity contribution < 1.29 is 14.2 Å². The Morgan fingerprint density at radius 1 is 1.20 bits per heavy atom. The molecule has 3 rings (SSSR count). The third-order valence-corrected chi connectivity index (χ3v) is 4.76. The van der Waals surface area contributed by atoms with Gasteiger partial charge in [-0.1, -0.05) is 11.6 Å². The molecule has 0 saturated carbocycles. The van der Waals surface area contributed by atoms with Crippen LogP contribution >= 0.6 is 11.6 Å². The number of hydrogen-bond donors (Lipinski definition) is 2. The van der Waals surface area contributed by atoms with Gasteiger partial charge in [-0.3, -0.25) is 4.99 Å². The molecular weight excluding hydrogens is 342 g/mol. The Hall–Kier alpha value is -1.66. The minimum atomic E-state index is -0.115. The first-order valence-corrected chi connectivity index (χ1v) is 9.14. The minimum absolute atomic E-state index is 0.115. The van der Waals surface area contributed by atoms with Crippen molar-refractivity contribution in [1.29, 1.82) is 0 Å². The lowest BCUT2D eigenvalue weighted by Gasteiger charge is -2.24. The van der Waals surface area contributed by atoms with Crippen LogP contribution < -0.4 is 20.1 Å². The van der Waals surface area contributed by atoms with E-state index in [9.17, 15) is 0 Å². The molecular formula is C18H26ClN3O3. The summed E-state index contributed by atoms with van der Waals surface area (Å²) in [6.45, 7) is 5.55. The Kier molecular flexibility index (Phi) is 5.91. The molecule has 0 aromatic heterocycles. The summed E-state index contributed by atoms with van der Waals surface area (Å²) < 4.78 is 17.2. The van der Waals surface area contributed by atoms with Gasteiger partial charge in [0.05, 0.1) is 23.8 Å². The predicted octanol–water partition coefficient (Wildman–Crippen LogP) is 2.74. The number of nitrogens with one attached hydrogen (secondary N) is 2. The summed E-state index contributed by atoms with van der Waals surface area (Å²) in [5, 5.41) is 7.21. The fraction of sp³-hybridized carbons (Fsp3) is 0.611. The van der Waals surface area contributed by atoms with Crippen molar-refractivity contribution in [2.75, 3.05) is 33.4 Å². The van der Waals surface area contributed by atoms with E-state index in [-0.39, 0.29) is 5.60 Å². The summed E-state index contributed by atoms with van der Waals surface area (Å²) in [5.74, 6) is 2.08. The second-order valence-corrected chi connectivity index (χ2v) is 7.04. The topological polar surface area (TPSA) is 64.1 Å². The van der Waals surface area contributed by atoms with Crippen LogP contribution in [0, 0.1) is 0 Å². The quantitative estimate of drug-likeness (QED) is 0.632. The summed E-state index contributed by atoms with van der Waals surface area (Å²) in [4.78, 5) is 4.27. The molecule has 1 unspecified atom stereocenters. The van der Waals surface area contributed by atoms with Crippen LogP contribution in [0.5, 0.6) is 11.5 Å². The molecule has 2 aliphatic rings. The molecule has 138 valence electrons. The van der Waals surface area contributed by atoms with Crippen molar-refractivity contribution in [1.82, 2.24) is 10.6 Å². The number of fused-ring (bicyclic) bond motifs is 1. The van der Waals surface area contributed by atoms with E-state index in [1.165, 1.54) is 0 Å². The minimum Gasteiger partial charge on any atom is -0.489 e. The highest BCUT2D eigenvalue weighted by molar-refractivity contribution is 6.32. The molecule has 1 atom stereocenters. The van der Waals surface area contributed by atoms with Crippen molar-refractivity contribution >= 4 is 17.6 Å². The van der Waals surface area contributed by atoms with E-state index in [1.807, 2.05) is 12.1 Å². The zero-order valence-corrected chi connectivity index (χ0v) is 15.6. The Bertz CT molecular complexity index is 630. The molecule has 0 radical (unpaired) electrons. The standard InChI is InChI=1S/C18H26ClN3O3/c1-18(5-3-8-25-18)12-22-17(20-2)21-11-13-9-14(19)16-15(10-13)23-6-4-7-24-16/h9-10H,3-8,11-12H2,1-2H3,(H2,20,21,22). The Balaban J connectivity index is 1.58. The summed E-state index contributed by atoms with van der Waals surface area (Å²) in [6.07, 6.45) is 3.03. The first-order valence-electron chi connectivity index (χ1n) is 8.76. The van der Waals surface area contributed by atoms with Crippen molar-refractivity contribution in [3.63, 3.8) is 0 Å². The molecule has 1 aromatic carbocycles. The van der Waals surface area contributed by atoms with Gasteiger partial charge in [-0.05, 0) is 37.5 Å². The molecule has 2 N–H and O–H groups in total. The fourth-order valence-corrected chi connectivity index (χ4v) is 3.33. The van der Waals surface area contributed by atoms with Crippen LogP contribution in [-0.2, 0) is 11.3 Å². The molecule has 0 spiro atoms. The van der Waals surface area contributed by atoms with E-state index in [1.54, 1.807) is 7.05 Å². The highest BCUT2D eigenvalue weighted by atomic mass is 35.5. The van der Waals surface area contributed by atoms with Crippen LogP contribution in [0.15, 0.2) is 17.1 Å². The SMILES string of the molecule is CN=C(NCc1cc(Cl)c2c(c1)OCCCO2)NCC1(C)CCCO1. The van der Waals surface area contributed by atoms with E-state index >= 15 is 0 Å². The van der Waals surface area contributed by atoms with Gasteiger partial charge in [-0.25, -0.2) is 0 Å². The summed E-state index contributed by atoms with van der Waals surface area (Å²) in [7, 11) is 1.76. The van der Waals surface area contributed by atoms with Gasteiger partial charge in [0.2, 0.25) is 0 Å². The van der Waals surface area contributed by atoms with E-state index in [0.717, 1.165) is 43.9 Å². The first-order chi connectivity index (χ1) is 12.1. The zero-order valence-electron chi connectivity index (χ0n) is 14.9. The first kappa shape index (κ1) is 18.1. The van der Waals surface area contributed by atoms with Crippen LogP contribution in [0.1, 0.15) is 31.7 Å². The number of hydrogen-bond acceptors (Lipinski definition) is 4. The van der Waals surface area contributed by atoms with Crippen LogP contribution in [-0.4, -0.2) is 45.0 Å². The zero-order chi connectivity index (χ0) is 17.7. The molecule has 7 heteroatoms. The van der Waals surface area contributed by atoms with Gasteiger partial charge < -0.3 is 24.8 Å². The summed E-state index contributed by atoms with van der Waals surface area (Å²) >= 11 is 6.34. The average molecular weight is 368 g/mol. The predicted molar refractivity (Wildman–Crippen MR) is 98.9 cm³/mol. The monoisotopic (exact) mass is 367 g/mol. The second-order valence-electron chi connectivity index (χ2n) is 6.64. The van der Waals surface area contributed by atoms with Gasteiger partial charge in [-0.15, -0.1) is 0 Å². The maximum absolute atomic E-state index is 6.34. The molecule has 1 fully saturated rings. The molecule has 2 aliphatic heterocycles. The van der Waals surface area contributed by atoms with E-state index in [2.05, 4.69) is 22.5 Å². The van der Waals surface area contributed by atoms with Crippen molar-refractivity contribution in [3.8, 4) is 11.5 Å². The average Bonchev–Trinajstić information content (AvgIpc) is 2.89. The van der Waals surface area contributed by atoms with E-state index < -0.39 is 0 Å². The number of nitrogens with zero attached hydrogens (tertiary/aromatic N) is 1. The van der Waals surface area contributed by atoms with Crippen molar-refractivity contribution in [2.45, 2.75) is 38.3 Å². The highest BCUT2D eigenvalue weighted by Gasteiger charge is 2.29. The van der Waals surface area contributed by atoms with Gasteiger partial charge in [0.1, 0.15) is 0 Å². The van der Waals surface area contributed by atoms with Crippen LogP contribution in [0.25, 0.3) is 0 Å². The van der Waals surface area contributed by atoms with Crippen LogP contribution in [0.2, 0.25) is 5.02 Å². The van der Waals surface area contributed by atoms with Gasteiger partial charge in [0, 0.05) is 33.2 Å². The molecule has 0 aliphatic carbocycles. The number of aliphatic imine (C=N–C) groups is 1. The molecule has 1 aromatic rings. The van der Waals surface area contributed by atoms with Crippen LogP contribution in [0.4, 0.5) is 0 Å². The lowest BCUT2D eigenvalue weighted by molar-refractivity contribution is 0.0243. The highest BCUT2D eigenvalue weighted by Crippen LogP contribution is 2.37. The number of guanidine groups is 1. The smallest absolute Gasteiger partial charge is 0.191 e. The third kappa shape index (κ3) is 4.70. The van der Waals surface area contributed by atoms with Gasteiger partial charge in [0.15, 0.2) is 17.5 Å². The summed E-state index contributed by atoms with van der Waals surface area (Å²) in [5.41, 5.74) is 0.899. The third-order valence-electron chi connectivity index (χ3n) is 4.48. The van der Waals surface area contributed by atoms with Crippen LogP contribution in [0.3, 0.4) is 0 Å². The van der Waals surface area contributed by atoms with Gasteiger partial charge in [-0.2, -0.15) is 0 Å². The molecule has 0 amide bonds. The molecule has 25 heavy (non-hydrogen) atoms. The number of rotatable bonds is 4. The Morgan fingerprint density at radius 2 is 2.04 bits per heavy atom. The van der Waals surface area contributed by atoms with Gasteiger partial charge in [0.25, 0.3) is 0 Å². The Labute approximate surface area is 153 Å². The fourth-order valence-electron chi connectivity index (χ4n) is 3.04. The number of ether oxygens (including phenoxy) is 3. The molecule has 0 bridgehead atoms. The molecule has 6 nitrogen and oxygen atoms in total. The lowest BCUT2D eigenvalue weighted by Crippen LogP contribution is -2.45. The van der Waals surface area contributed by atoms with Gasteiger partial charge >= 0.3 is 0 Å². The maximum Gasteiger partial charge on any atom is 0.191 e. The maximum atomic E-state index is 6.34. The normalized spacial score (nSPS) is 23.2. The Morgan fingerprint density at radius 3 is 2.80 bits per heavy atom. The lowest BCUT2D eigenvalue weighted by atomic mass is 10.0. The van der Waals surface area contributed by atoms with Crippen molar-refractivity contribution in [2.24, 2.45) is 4.99 Å². The summed E-state index contributed by atoms with van der Waals surface area (Å²) in [6, 6.07) is 3.87. The largest absolute Gasteiger partial charge is 0.489 e. The number of benzene rings is 1. The number of halogens is 1.